The first kappa shape index (κ1) is 97.9. The third-order valence-corrected chi connectivity index (χ3v) is 17.0. The Morgan fingerprint density at radius 3 is 1.03 bits per heavy atom. The van der Waals surface area contributed by atoms with Crippen molar-refractivity contribution in [1.29, 1.82) is 5.26 Å². The summed E-state index contributed by atoms with van der Waals surface area (Å²) in [4.78, 5) is 33.5. The van der Waals surface area contributed by atoms with Crippen LogP contribution in [0, 0.1) is 11.3 Å². The Morgan fingerprint density at radius 2 is 0.859 bits per heavy atom. The lowest BCUT2D eigenvalue weighted by molar-refractivity contribution is 0.176. The monoisotopic (exact) mass is 1440 g/mol. The minimum absolute atomic E-state index is 0.0181. The summed E-state index contributed by atoms with van der Waals surface area (Å²) in [7, 11) is -10.1. The molecule has 0 radical (unpaired) electrons. The fourth-order valence-electron chi connectivity index (χ4n) is 2.82. The van der Waals surface area contributed by atoms with Gasteiger partial charge < -0.3 is 87.4 Å². The maximum Gasteiger partial charge on any atom is 0.471 e. The topological polar surface area (TPSA) is 322 Å². The minimum Gasteiger partial charge on any atom is -0.328 e. The Balaban J connectivity index is -0.000000121. The van der Waals surface area contributed by atoms with Gasteiger partial charge in [-0.15, -0.1) is 11.6 Å². The number of phosphoric acid groups is 1. The average Bonchev–Trinajstić information content (AvgIpc) is 3.36. The summed E-state index contributed by atoms with van der Waals surface area (Å²) in [6.45, 7) is 25.3. The first-order valence-electron chi connectivity index (χ1n) is 23.3. The fourth-order valence-corrected chi connectivity index (χ4v) is 10.2. The van der Waals surface area contributed by atoms with E-state index in [-0.39, 0.29) is 24.8 Å². The molecule has 41 heteroatoms. The maximum absolute atomic E-state index is 11.3. The molecular weight excluding hydrogens is 1350 g/mol. The molecule has 0 amide bonds. The van der Waals surface area contributed by atoms with Crippen molar-refractivity contribution < 1.29 is 114 Å². The van der Waals surface area contributed by atoms with E-state index < -0.39 is 76.7 Å². The van der Waals surface area contributed by atoms with Crippen LogP contribution in [0.25, 0.3) is 0 Å². The van der Waals surface area contributed by atoms with Gasteiger partial charge in [-0.3, -0.25) is 18.2 Å². The number of nitriles is 1. The van der Waals surface area contributed by atoms with Gasteiger partial charge in [0.1, 0.15) is 12.8 Å². The number of hydrogen-bond donors (Lipinski definition) is 4. The van der Waals surface area contributed by atoms with Gasteiger partial charge in [-0.1, -0.05) is 61.5 Å². The van der Waals surface area contributed by atoms with E-state index >= 15 is 0 Å². The van der Waals surface area contributed by atoms with Crippen LogP contribution in [0.15, 0.2) is 0 Å². The Kier molecular flexibility index (Phi) is 91.7. The Bertz CT molecular complexity index is 1290. The number of hydrogen-bond acceptors (Lipinski definition) is 23. The van der Waals surface area contributed by atoms with Crippen LogP contribution in [0.1, 0.15) is 102 Å². The van der Waals surface area contributed by atoms with Gasteiger partial charge in [0.25, 0.3) is 0 Å². The molecule has 0 aliphatic carbocycles. The molecule has 0 aromatic rings. The van der Waals surface area contributed by atoms with Crippen LogP contribution in [0.3, 0.4) is 0 Å². The highest BCUT2D eigenvalue weighted by Crippen LogP contribution is 2.55. The molecule has 4 N–H and O–H groups in total. The second-order valence-corrected chi connectivity index (χ2v) is 29.6. The molecule has 480 valence electrons. The zero-order chi connectivity index (χ0) is 62.3. The highest BCUT2D eigenvalue weighted by atomic mass is 35.9. The molecule has 0 unspecified atom stereocenters. The molecule has 78 heavy (non-hydrogen) atoms. The van der Waals surface area contributed by atoms with E-state index in [1.807, 2.05) is 48.5 Å². The van der Waals surface area contributed by atoms with E-state index in [0.717, 1.165) is 39.9 Å². The Morgan fingerprint density at radius 1 is 0.526 bits per heavy atom. The van der Waals surface area contributed by atoms with Gasteiger partial charge in [0.2, 0.25) is 10.6 Å². The summed E-state index contributed by atoms with van der Waals surface area (Å²) in [6.07, 6.45) is 3.73. The fraction of sp³-hybridized carbons (Fsp3) is 0.973. The maximum atomic E-state index is 11.3. The summed E-state index contributed by atoms with van der Waals surface area (Å²) < 4.78 is 118. The number of unbranched alkanes of at least 4 members (excludes halogenated alkanes) is 2. The molecule has 0 rings (SSSR count). The highest BCUT2D eigenvalue weighted by Gasteiger charge is 2.23. The minimum atomic E-state index is -3.80. The van der Waals surface area contributed by atoms with Crippen LogP contribution < -0.4 is 0 Å². The molecule has 0 saturated heterocycles. The average molecular weight is 1440 g/mol. The lowest BCUT2D eigenvalue weighted by atomic mass is 10.4. The second kappa shape index (κ2) is 73.1. The summed E-state index contributed by atoms with van der Waals surface area (Å²) in [5.41, 5.74) is 0. The van der Waals surface area contributed by atoms with E-state index in [1.165, 1.54) is 0 Å². The van der Waals surface area contributed by atoms with E-state index in [1.54, 1.807) is 41.2 Å². The van der Waals surface area contributed by atoms with E-state index in [4.69, 9.17) is 148 Å². The van der Waals surface area contributed by atoms with Crippen molar-refractivity contribution in [3.63, 3.8) is 0 Å². The van der Waals surface area contributed by atoms with E-state index in [9.17, 15) is 13.7 Å². The second-order valence-electron chi connectivity index (χ2n) is 11.8. The Hall–Kier alpha value is 3.62. The van der Waals surface area contributed by atoms with Crippen LogP contribution >= 0.6 is 142 Å². The van der Waals surface area contributed by atoms with Crippen molar-refractivity contribution in [1.82, 2.24) is 0 Å². The number of nitrogens with zero attached hydrogens (tertiary/aromatic N) is 1. The van der Waals surface area contributed by atoms with Crippen molar-refractivity contribution >= 4 is 142 Å². The van der Waals surface area contributed by atoms with Crippen molar-refractivity contribution in [3.8, 4) is 6.07 Å². The molecule has 0 heterocycles. The van der Waals surface area contributed by atoms with Crippen LogP contribution in [0.2, 0.25) is 0 Å². The summed E-state index contributed by atoms with van der Waals surface area (Å²) >= 11 is 31.3. The number of halogens is 6. The lowest BCUT2D eigenvalue weighted by Gasteiger charge is -2.19. The SMILES string of the molecule is CCCCOP(O)OCCCC.CCOP(=O)(CC#N)OCC.CCOP(OCC)OCC.CCOP(OCC)OP(OCC)OCC.COP(=O)(O)OC.COP(OC)OC.ClP(Cl)OCC(Cl)(Cl)Cl.O=P(O)(O)CCCl. The summed E-state index contributed by atoms with van der Waals surface area (Å²) in [5, 5.41) is 8.27. The van der Waals surface area contributed by atoms with Gasteiger partial charge in [0.15, 0.2) is 0 Å². The predicted octanol–water partition coefficient (Wildman–Crippen LogP) is 16.6. The number of rotatable bonds is 38. The first-order valence-corrected chi connectivity index (χ1v) is 38.6. The normalized spacial score (nSPS) is 11.4. The standard InChI is InChI=1S/C8H20O5P2.C8H19O3P.C6H12NO3P.C6H15O3P.C3H9O3P.C2H2Cl5OP.C2H6ClO3P.C2H7O4P/c1-5-9-14(10-6-2)13-15(11-7-3)12-8-4;1-3-5-7-10-12(9)11-8-6-4-2;1-3-9-11(8,6-5-7)10-4-2;1-4-7-10(8-5-2)9-6-3;1-4-7(5-2)6-3;3-2(4,5)1-8-9(6)7;3-1-2-7(4,5)6;1-5-7(3,4)6-2/h5-8H2,1-4H3;9H,3-8H2,1-2H3;3-4,6H2,1-2H3;4-6H2,1-3H3;1-3H3;1H2;1-2H2,(H2,4,5,6);1-2H3,(H,3,4). The highest BCUT2D eigenvalue weighted by molar-refractivity contribution is 8.00. The smallest absolute Gasteiger partial charge is 0.328 e. The molecule has 0 atom stereocenters. The van der Waals surface area contributed by atoms with Gasteiger partial charge in [-0.25, -0.2) is 8.88 Å². The molecule has 26 nitrogen and oxygen atoms in total. The molecule has 0 bridgehead atoms. The van der Waals surface area contributed by atoms with Crippen molar-refractivity contribution in [2.24, 2.45) is 0 Å². The van der Waals surface area contributed by atoms with Crippen molar-refractivity contribution in [2.45, 2.75) is 106 Å². The molecule has 0 aliphatic heterocycles. The summed E-state index contributed by atoms with van der Waals surface area (Å²) in [6, 6.07) is 1.76. The predicted molar refractivity (Wildman–Crippen MR) is 320 cm³/mol. The van der Waals surface area contributed by atoms with E-state index in [0.29, 0.717) is 72.7 Å². The Labute approximate surface area is 503 Å². The molecule has 0 saturated carbocycles. The van der Waals surface area contributed by atoms with Crippen LogP contribution in [0.4, 0.5) is 0 Å². The molecule has 0 spiro atoms. The molecule has 0 aromatic carbocycles. The van der Waals surface area contributed by atoms with Crippen molar-refractivity contribution in [2.75, 3.05) is 133 Å². The third kappa shape index (κ3) is 93.3. The van der Waals surface area contributed by atoms with Gasteiger partial charge in [0, 0.05) is 41.4 Å². The quantitative estimate of drug-likeness (QED) is 0.0253. The number of phosphoric ester groups is 1. The summed E-state index contributed by atoms with van der Waals surface area (Å²) in [5.74, 6) is 0.0181. The van der Waals surface area contributed by atoms with Gasteiger partial charge >= 0.3 is 66.0 Å². The third-order valence-electron chi connectivity index (χ3n) is 5.70. The molecule has 0 fully saturated rings. The van der Waals surface area contributed by atoms with Gasteiger partial charge in [-0.05, 0) is 97.6 Å². The van der Waals surface area contributed by atoms with Crippen LogP contribution in [-0.2, 0) is 94.9 Å². The molecular formula is C37H90Cl6NO25P9. The zero-order valence-electron chi connectivity index (χ0n) is 47.5. The zero-order valence-corrected chi connectivity index (χ0v) is 60.1. The molecule has 0 aromatic heterocycles. The van der Waals surface area contributed by atoms with Crippen molar-refractivity contribution in [3.05, 3.63) is 0 Å². The first-order chi connectivity index (χ1) is 36.6. The van der Waals surface area contributed by atoms with Crippen LogP contribution in [0.5, 0.6) is 0 Å². The van der Waals surface area contributed by atoms with E-state index in [2.05, 4.69) is 41.0 Å². The molecule has 0 aliphatic rings. The number of alkyl halides is 4. The van der Waals surface area contributed by atoms with Gasteiger partial charge in [-0.2, -0.15) is 5.26 Å². The lowest BCUT2D eigenvalue weighted by Crippen LogP contribution is -2.09. The van der Waals surface area contributed by atoms with Gasteiger partial charge in [0.05, 0.1) is 84.9 Å². The van der Waals surface area contributed by atoms with Crippen LogP contribution in [-0.4, -0.2) is 156 Å². The largest absolute Gasteiger partial charge is 0.471 e.